The number of carboxylic acids is 1. The number of benzene rings is 1. The average Bonchev–Trinajstić information content (AvgIpc) is 2.44. The highest BCUT2D eigenvalue weighted by molar-refractivity contribution is 5.85. The zero-order valence-corrected chi connectivity index (χ0v) is 13.2. The highest BCUT2D eigenvalue weighted by atomic mass is 16.4. The molecule has 4 nitrogen and oxygen atoms in total. The number of carbonyl (C=O) groups is 1. The molecule has 0 saturated carbocycles. The van der Waals surface area contributed by atoms with Gasteiger partial charge < -0.3 is 10.0 Å². The normalized spacial score (nSPS) is 11.7. The fourth-order valence-corrected chi connectivity index (χ4v) is 2.09. The first kappa shape index (κ1) is 17.4. The number of carboxylic acid groups (broad SMARTS) is 1. The van der Waals surface area contributed by atoms with Crippen LogP contribution in [0.4, 0.5) is 0 Å². The van der Waals surface area contributed by atoms with Crippen LogP contribution in [0.15, 0.2) is 30.3 Å². The summed E-state index contributed by atoms with van der Waals surface area (Å²) in [5.74, 6) is -0.920. The van der Waals surface area contributed by atoms with Gasteiger partial charge in [0.1, 0.15) is 0 Å². The van der Waals surface area contributed by atoms with E-state index in [0.29, 0.717) is 0 Å². The van der Waals surface area contributed by atoms with Gasteiger partial charge in [-0.1, -0.05) is 31.2 Å². The highest BCUT2D eigenvalue weighted by Gasteiger charge is 2.05. The van der Waals surface area contributed by atoms with E-state index >= 15 is 0 Å². The molecule has 0 radical (unpaired) electrons. The van der Waals surface area contributed by atoms with E-state index in [9.17, 15) is 4.79 Å². The third-order valence-electron chi connectivity index (χ3n) is 3.21. The molecule has 0 bridgehead atoms. The van der Waals surface area contributed by atoms with Crippen LogP contribution in [-0.4, -0.2) is 54.6 Å². The Morgan fingerprint density at radius 3 is 2.33 bits per heavy atom. The van der Waals surface area contributed by atoms with E-state index in [4.69, 9.17) is 5.11 Å². The molecule has 0 aliphatic rings. The van der Waals surface area contributed by atoms with E-state index in [2.05, 4.69) is 43.0 Å². The first-order valence-electron chi connectivity index (χ1n) is 7.38. The fourth-order valence-electron chi connectivity index (χ4n) is 2.09. The van der Waals surface area contributed by atoms with Gasteiger partial charge in [-0.2, -0.15) is 0 Å². The van der Waals surface area contributed by atoms with Crippen molar-refractivity contribution in [2.45, 2.75) is 19.9 Å². The van der Waals surface area contributed by atoms with Gasteiger partial charge in [-0.15, -0.1) is 0 Å². The van der Waals surface area contributed by atoms with Crippen LogP contribution >= 0.6 is 0 Å². The maximum atomic E-state index is 10.5. The number of likely N-dealkylation sites (N-methyl/N-ethyl adjacent to an activating group) is 1. The molecule has 0 aliphatic heterocycles. The average molecular weight is 290 g/mol. The number of rotatable bonds is 9. The smallest absolute Gasteiger partial charge is 0.328 e. The van der Waals surface area contributed by atoms with Crippen LogP contribution in [-0.2, 0) is 11.3 Å². The third kappa shape index (κ3) is 7.63. The molecule has 1 aromatic rings. The molecule has 116 valence electrons. The number of hydrogen-bond acceptors (Lipinski definition) is 3. The van der Waals surface area contributed by atoms with Gasteiger partial charge in [0.2, 0.25) is 0 Å². The zero-order valence-electron chi connectivity index (χ0n) is 13.2. The van der Waals surface area contributed by atoms with Crippen molar-refractivity contribution >= 4 is 12.0 Å². The Labute approximate surface area is 127 Å². The lowest BCUT2D eigenvalue weighted by Crippen LogP contribution is -2.32. The Morgan fingerprint density at radius 2 is 1.81 bits per heavy atom. The Balaban J connectivity index is 2.60. The second-order valence-corrected chi connectivity index (χ2v) is 5.49. The van der Waals surface area contributed by atoms with Crippen LogP contribution in [0.1, 0.15) is 24.5 Å². The van der Waals surface area contributed by atoms with Crippen LogP contribution in [0, 0.1) is 0 Å². The van der Waals surface area contributed by atoms with E-state index in [1.807, 2.05) is 12.1 Å². The van der Waals surface area contributed by atoms with Gasteiger partial charge in [-0.3, -0.25) is 4.90 Å². The minimum absolute atomic E-state index is 0.913. The molecule has 4 heteroatoms. The molecule has 1 N–H and O–H groups in total. The molecule has 0 saturated heterocycles. The first-order chi connectivity index (χ1) is 10.0. The molecule has 1 rings (SSSR count). The van der Waals surface area contributed by atoms with Gasteiger partial charge in [0.15, 0.2) is 0 Å². The lowest BCUT2D eigenvalue weighted by molar-refractivity contribution is -0.131. The summed E-state index contributed by atoms with van der Waals surface area (Å²) in [6.07, 6.45) is 3.92. The van der Waals surface area contributed by atoms with Gasteiger partial charge in [0.05, 0.1) is 0 Å². The van der Waals surface area contributed by atoms with Crippen LogP contribution in [0.25, 0.3) is 6.08 Å². The topological polar surface area (TPSA) is 43.8 Å². The van der Waals surface area contributed by atoms with Crippen molar-refractivity contribution in [1.29, 1.82) is 0 Å². The molecule has 0 aromatic heterocycles. The Morgan fingerprint density at radius 1 is 1.14 bits per heavy atom. The lowest BCUT2D eigenvalue weighted by atomic mass is 10.1. The second kappa shape index (κ2) is 9.32. The summed E-state index contributed by atoms with van der Waals surface area (Å²) in [7, 11) is 4.18. The summed E-state index contributed by atoms with van der Waals surface area (Å²) < 4.78 is 0. The molecule has 21 heavy (non-hydrogen) atoms. The summed E-state index contributed by atoms with van der Waals surface area (Å²) in [5.41, 5.74) is 2.17. The lowest BCUT2D eigenvalue weighted by Gasteiger charge is -2.23. The monoisotopic (exact) mass is 290 g/mol. The molecular weight excluding hydrogens is 264 g/mol. The maximum absolute atomic E-state index is 10.5. The van der Waals surface area contributed by atoms with Crippen LogP contribution in [0.3, 0.4) is 0 Å². The largest absolute Gasteiger partial charge is 0.478 e. The van der Waals surface area contributed by atoms with Crippen molar-refractivity contribution in [3.8, 4) is 0 Å². The van der Waals surface area contributed by atoms with Crippen molar-refractivity contribution < 1.29 is 9.90 Å². The third-order valence-corrected chi connectivity index (χ3v) is 3.21. The second-order valence-electron chi connectivity index (χ2n) is 5.49. The van der Waals surface area contributed by atoms with E-state index in [-0.39, 0.29) is 0 Å². The molecule has 0 aliphatic carbocycles. The molecule has 0 atom stereocenters. The van der Waals surface area contributed by atoms with Crippen LogP contribution in [0.2, 0.25) is 0 Å². The van der Waals surface area contributed by atoms with Crippen LogP contribution in [0.5, 0.6) is 0 Å². The SMILES string of the molecule is CCCN(CCN(C)C)Cc1ccc(C=CC(=O)O)cc1. The minimum Gasteiger partial charge on any atom is -0.478 e. The highest BCUT2D eigenvalue weighted by Crippen LogP contribution is 2.09. The summed E-state index contributed by atoms with van der Waals surface area (Å²) in [4.78, 5) is 15.1. The number of hydrogen-bond donors (Lipinski definition) is 1. The quantitative estimate of drug-likeness (QED) is 0.710. The number of nitrogens with zero attached hydrogens (tertiary/aromatic N) is 2. The standard InChI is InChI=1S/C17H26N2O2/c1-4-11-19(13-12-18(2)3)14-16-7-5-15(6-8-16)9-10-17(20)21/h5-10H,4,11-14H2,1-3H3,(H,20,21). The molecule has 0 fully saturated rings. The van der Waals surface area contributed by atoms with Gasteiger partial charge in [-0.25, -0.2) is 4.79 Å². The summed E-state index contributed by atoms with van der Waals surface area (Å²) in [5, 5.41) is 8.61. The van der Waals surface area contributed by atoms with E-state index < -0.39 is 5.97 Å². The maximum Gasteiger partial charge on any atom is 0.328 e. The van der Waals surface area contributed by atoms with E-state index in [0.717, 1.165) is 44.2 Å². The summed E-state index contributed by atoms with van der Waals surface area (Å²) in [6, 6.07) is 8.06. The predicted octanol–water partition coefficient (Wildman–Crippen LogP) is 2.56. The van der Waals surface area contributed by atoms with Gasteiger partial charge >= 0.3 is 5.97 Å². The van der Waals surface area contributed by atoms with Gasteiger partial charge in [-0.05, 0) is 44.3 Å². The fraction of sp³-hybridized carbons (Fsp3) is 0.471. The molecular formula is C17H26N2O2. The van der Waals surface area contributed by atoms with E-state index in [1.165, 1.54) is 5.56 Å². The first-order valence-corrected chi connectivity index (χ1v) is 7.38. The van der Waals surface area contributed by atoms with Crippen molar-refractivity contribution in [1.82, 2.24) is 9.80 Å². The molecule has 1 aromatic carbocycles. The molecule has 0 heterocycles. The predicted molar refractivity (Wildman–Crippen MR) is 87.2 cm³/mol. The molecule has 0 spiro atoms. The van der Waals surface area contributed by atoms with Crippen LogP contribution < -0.4 is 0 Å². The van der Waals surface area contributed by atoms with Crippen molar-refractivity contribution in [3.63, 3.8) is 0 Å². The summed E-state index contributed by atoms with van der Waals surface area (Å²) in [6.45, 7) is 6.34. The molecule has 0 amide bonds. The van der Waals surface area contributed by atoms with Gasteiger partial charge in [0.25, 0.3) is 0 Å². The Kier molecular flexibility index (Phi) is 7.72. The van der Waals surface area contributed by atoms with Crippen molar-refractivity contribution in [3.05, 3.63) is 41.5 Å². The van der Waals surface area contributed by atoms with Gasteiger partial charge in [0, 0.05) is 25.7 Å². The zero-order chi connectivity index (χ0) is 15.7. The Bertz CT molecular complexity index is 452. The molecule has 0 unspecified atom stereocenters. The van der Waals surface area contributed by atoms with Crippen molar-refractivity contribution in [2.75, 3.05) is 33.7 Å². The summed E-state index contributed by atoms with van der Waals surface area (Å²) >= 11 is 0. The Hall–Kier alpha value is -1.65. The number of aliphatic carboxylic acids is 1. The minimum atomic E-state index is -0.920. The van der Waals surface area contributed by atoms with E-state index in [1.54, 1.807) is 6.08 Å². The van der Waals surface area contributed by atoms with Crippen molar-refractivity contribution in [2.24, 2.45) is 0 Å².